The first-order valence-electron chi connectivity index (χ1n) is 4.73. The molecule has 2 rings (SSSR count). The van der Waals surface area contributed by atoms with E-state index in [1.807, 2.05) is 13.1 Å². The smallest absolute Gasteiger partial charge is 0.152 e. The molecule has 0 unspecified atom stereocenters. The van der Waals surface area contributed by atoms with Crippen LogP contribution in [0.5, 0.6) is 0 Å². The van der Waals surface area contributed by atoms with Gasteiger partial charge in [-0.2, -0.15) is 0 Å². The molecule has 0 fully saturated rings. The number of hydrogen-bond acceptors (Lipinski definition) is 4. The van der Waals surface area contributed by atoms with Gasteiger partial charge in [-0.05, 0) is 25.2 Å². The van der Waals surface area contributed by atoms with Crippen molar-refractivity contribution in [3.63, 3.8) is 0 Å². The minimum absolute atomic E-state index is 0.669. The Morgan fingerprint density at radius 2 is 2.13 bits per heavy atom. The molecular formula is C10H11ClN4. The molecule has 1 heterocycles. The van der Waals surface area contributed by atoms with E-state index in [9.17, 15) is 0 Å². The largest absolute Gasteiger partial charge is 0.319 e. The zero-order chi connectivity index (χ0) is 10.7. The Morgan fingerprint density at radius 1 is 1.27 bits per heavy atom. The van der Waals surface area contributed by atoms with E-state index in [-0.39, 0.29) is 0 Å². The molecule has 0 spiro atoms. The molecule has 1 aromatic heterocycles. The highest BCUT2D eigenvalue weighted by molar-refractivity contribution is 6.31. The molecule has 78 valence electrons. The summed E-state index contributed by atoms with van der Waals surface area (Å²) in [7, 11) is 1.89. The predicted molar refractivity (Wildman–Crippen MR) is 60.0 cm³/mol. The van der Waals surface area contributed by atoms with Gasteiger partial charge in [-0.15, -0.1) is 10.2 Å². The molecule has 2 aromatic rings. The van der Waals surface area contributed by atoms with Crippen LogP contribution in [-0.4, -0.2) is 28.8 Å². The number of aromatic nitrogens is 3. The van der Waals surface area contributed by atoms with E-state index in [0.717, 1.165) is 29.8 Å². The maximum Gasteiger partial charge on any atom is 0.152 e. The van der Waals surface area contributed by atoms with Gasteiger partial charge in [0, 0.05) is 18.0 Å². The van der Waals surface area contributed by atoms with Gasteiger partial charge < -0.3 is 5.32 Å². The Labute approximate surface area is 92.7 Å². The van der Waals surface area contributed by atoms with Gasteiger partial charge in [0.1, 0.15) is 5.52 Å². The number of nitrogens with one attached hydrogen (secondary N) is 1. The summed E-state index contributed by atoms with van der Waals surface area (Å²) in [5.74, 6) is 0.735. The summed E-state index contributed by atoms with van der Waals surface area (Å²) < 4.78 is 0. The van der Waals surface area contributed by atoms with Crippen molar-refractivity contribution < 1.29 is 0 Å². The molecular weight excluding hydrogens is 212 g/mol. The molecule has 5 heteroatoms. The summed E-state index contributed by atoms with van der Waals surface area (Å²) >= 11 is 5.87. The van der Waals surface area contributed by atoms with Gasteiger partial charge >= 0.3 is 0 Å². The summed E-state index contributed by atoms with van der Waals surface area (Å²) in [5.41, 5.74) is 1.57. The maximum atomic E-state index is 5.87. The highest BCUT2D eigenvalue weighted by Crippen LogP contribution is 2.14. The average Bonchev–Trinajstić information content (AvgIpc) is 2.25. The van der Waals surface area contributed by atoms with Crippen molar-refractivity contribution in [2.75, 3.05) is 13.6 Å². The fourth-order valence-corrected chi connectivity index (χ4v) is 1.45. The standard InChI is InChI=1S/C10H11ClN4/c1-12-5-4-10-13-9-6-7(11)2-3-8(9)14-15-10/h2-3,6,12H,4-5H2,1H3. The van der Waals surface area contributed by atoms with Crippen molar-refractivity contribution in [1.29, 1.82) is 0 Å². The van der Waals surface area contributed by atoms with Gasteiger partial charge in [0.15, 0.2) is 5.82 Å². The Hall–Kier alpha value is -1.26. The molecule has 4 nitrogen and oxygen atoms in total. The minimum atomic E-state index is 0.669. The van der Waals surface area contributed by atoms with Crippen LogP contribution in [-0.2, 0) is 6.42 Å². The van der Waals surface area contributed by atoms with E-state index < -0.39 is 0 Å². The molecule has 0 aliphatic carbocycles. The first-order chi connectivity index (χ1) is 7.29. The van der Waals surface area contributed by atoms with Crippen LogP contribution in [0.4, 0.5) is 0 Å². The summed E-state index contributed by atoms with van der Waals surface area (Å²) in [6, 6.07) is 5.40. The molecule has 0 saturated carbocycles. The molecule has 0 bridgehead atoms. The lowest BCUT2D eigenvalue weighted by molar-refractivity contribution is 0.743. The Kier molecular flexibility index (Phi) is 3.08. The van der Waals surface area contributed by atoms with Crippen molar-refractivity contribution in [3.05, 3.63) is 29.0 Å². The zero-order valence-electron chi connectivity index (χ0n) is 8.37. The second kappa shape index (κ2) is 4.51. The summed E-state index contributed by atoms with van der Waals surface area (Å²) in [6.45, 7) is 0.841. The van der Waals surface area contributed by atoms with E-state index in [1.54, 1.807) is 12.1 Å². The third-order valence-electron chi connectivity index (χ3n) is 2.06. The lowest BCUT2D eigenvalue weighted by Gasteiger charge is -2.00. The number of halogens is 1. The monoisotopic (exact) mass is 222 g/mol. The van der Waals surface area contributed by atoms with Gasteiger partial charge in [-0.3, -0.25) is 0 Å². The van der Waals surface area contributed by atoms with Crippen LogP contribution in [0.2, 0.25) is 5.02 Å². The molecule has 0 saturated heterocycles. The van der Waals surface area contributed by atoms with Crippen molar-refractivity contribution >= 4 is 22.6 Å². The number of rotatable bonds is 3. The number of benzene rings is 1. The first kappa shape index (κ1) is 10.3. The molecule has 0 radical (unpaired) electrons. The lowest BCUT2D eigenvalue weighted by Crippen LogP contribution is -2.12. The topological polar surface area (TPSA) is 50.7 Å². The number of nitrogens with zero attached hydrogens (tertiary/aromatic N) is 3. The second-order valence-electron chi connectivity index (χ2n) is 3.21. The fraction of sp³-hybridized carbons (Fsp3) is 0.300. The van der Waals surface area contributed by atoms with Crippen LogP contribution in [0, 0.1) is 0 Å². The van der Waals surface area contributed by atoms with E-state index in [1.165, 1.54) is 0 Å². The van der Waals surface area contributed by atoms with Gasteiger partial charge in [0.25, 0.3) is 0 Å². The van der Waals surface area contributed by atoms with Crippen molar-refractivity contribution in [1.82, 2.24) is 20.5 Å². The molecule has 0 aliphatic heterocycles. The highest BCUT2D eigenvalue weighted by atomic mass is 35.5. The van der Waals surface area contributed by atoms with Crippen LogP contribution in [0.15, 0.2) is 18.2 Å². The molecule has 0 amide bonds. The number of likely N-dealkylation sites (N-methyl/N-ethyl adjacent to an activating group) is 1. The highest BCUT2D eigenvalue weighted by Gasteiger charge is 2.01. The van der Waals surface area contributed by atoms with E-state index in [4.69, 9.17) is 11.6 Å². The lowest BCUT2D eigenvalue weighted by atomic mass is 10.3. The zero-order valence-corrected chi connectivity index (χ0v) is 9.12. The summed E-state index contributed by atoms with van der Waals surface area (Å²) in [4.78, 5) is 4.38. The third kappa shape index (κ3) is 2.40. The normalized spacial score (nSPS) is 10.8. The molecule has 0 atom stereocenters. The van der Waals surface area contributed by atoms with E-state index in [2.05, 4.69) is 20.5 Å². The van der Waals surface area contributed by atoms with Crippen molar-refractivity contribution in [2.24, 2.45) is 0 Å². The SMILES string of the molecule is CNCCc1nnc2ccc(Cl)cc2n1. The van der Waals surface area contributed by atoms with Crippen LogP contribution in [0.1, 0.15) is 5.82 Å². The van der Waals surface area contributed by atoms with Crippen molar-refractivity contribution in [2.45, 2.75) is 6.42 Å². The predicted octanol–water partition coefficient (Wildman–Crippen LogP) is 1.44. The number of fused-ring (bicyclic) bond motifs is 1. The van der Waals surface area contributed by atoms with Gasteiger partial charge in [0.2, 0.25) is 0 Å². The summed E-state index contributed by atoms with van der Waals surface area (Å²) in [5, 5.41) is 11.8. The van der Waals surface area contributed by atoms with Crippen LogP contribution >= 0.6 is 11.6 Å². The molecule has 15 heavy (non-hydrogen) atoms. The van der Waals surface area contributed by atoms with Gasteiger partial charge in [-0.25, -0.2) is 4.98 Å². The second-order valence-corrected chi connectivity index (χ2v) is 3.65. The average molecular weight is 223 g/mol. The third-order valence-corrected chi connectivity index (χ3v) is 2.29. The minimum Gasteiger partial charge on any atom is -0.319 e. The van der Waals surface area contributed by atoms with Crippen LogP contribution in [0.3, 0.4) is 0 Å². The molecule has 0 aliphatic rings. The fourth-order valence-electron chi connectivity index (χ4n) is 1.29. The maximum absolute atomic E-state index is 5.87. The van der Waals surface area contributed by atoms with Crippen molar-refractivity contribution in [3.8, 4) is 0 Å². The van der Waals surface area contributed by atoms with Gasteiger partial charge in [0.05, 0.1) is 5.52 Å². The first-order valence-corrected chi connectivity index (χ1v) is 5.11. The quantitative estimate of drug-likeness (QED) is 0.854. The van der Waals surface area contributed by atoms with Gasteiger partial charge in [-0.1, -0.05) is 11.6 Å². The Morgan fingerprint density at radius 3 is 2.93 bits per heavy atom. The van der Waals surface area contributed by atoms with Crippen LogP contribution < -0.4 is 5.32 Å². The Bertz CT molecular complexity index is 472. The molecule has 1 N–H and O–H groups in total. The summed E-state index contributed by atoms with van der Waals surface area (Å²) in [6.07, 6.45) is 0.770. The van der Waals surface area contributed by atoms with Crippen LogP contribution in [0.25, 0.3) is 11.0 Å². The van der Waals surface area contributed by atoms with E-state index >= 15 is 0 Å². The van der Waals surface area contributed by atoms with E-state index in [0.29, 0.717) is 5.02 Å². The number of hydrogen-bond donors (Lipinski definition) is 1. The molecule has 1 aromatic carbocycles. The Balaban J connectivity index is 2.36.